The SMILES string of the molecule is O=C(c1ccc(Cl)cc1)c1cc(Cl)cc(Cl)c1O. The van der Waals surface area contributed by atoms with Gasteiger partial charge in [-0.2, -0.15) is 0 Å². The van der Waals surface area contributed by atoms with Crippen LogP contribution in [0.15, 0.2) is 36.4 Å². The fourth-order valence-corrected chi connectivity index (χ4v) is 2.12. The summed E-state index contributed by atoms with van der Waals surface area (Å²) in [5.41, 5.74) is 0.461. The van der Waals surface area contributed by atoms with Gasteiger partial charge in [0.1, 0.15) is 5.75 Å². The van der Waals surface area contributed by atoms with Crippen LogP contribution >= 0.6 is 34.8 Å². The molecule has 18 heavy (non-hydrogen) atoms. The van der Waals surface area contributed by atoms with Crippen LogP contribution < -0.4 is 0 Å². The van der Waals surface area contributed by atoms with Gasteiger partial charge in [-0.1, -0.05) is 34.8 Å². The first-order valence-corrected chi connectivity index (χ1v) is 6.10. The molecule has 0 aromatic heterocycles. The second kappa shape index (κ2) is 5.19. The number of hydrogen-bond donors (Lipinski definition) is 1. The zero-order valence-electron chi connectivity index (χ0n) is 8.95. The molecule has 0 bridgehead atoms. The molecule has 0 aliphatic rings. The number of hydrogen-bond acceptors (Lipinski definition) is 2. The van der Waals surface area contributed by atoms with Crippen molar-refractivity contribution in [3.8, 4) is 5.75 Å². The minimum atomic E-state index is -0.367. The van der Waals surface area contributed by atoms with Crippen molar-refractivity contribution in [1.29, 1.82) is 0 Å². The third kappa shape index (κ3) is 2.61. The van der Waals surface area contributed by atoms with Crippen LogP contribution in [0, 0.1) is 0 Å². The molecule has 0 aliphatic carbocycles. The molecule has 1 N–H and O–H groups in total. The molecule has 0 aliphatic heterocycles. The van der Waals surface area contributed by atoms with E-state index in [1.54, 1.807) is 24.3 Å². The summed E-state index contributed by atoms with van der Waals surface area (Å²) in [7, 11) is 0. The number of halogens is 3. The van der Waals surface area contributed by atoms with E-state index in [0.29, 0.717) is 10.6 Å². The van der Waals surface area contributed by atoms with Crippen LogP contribution in [0.3, 0.4) is 0 Å². The Morgan fingerprint density at radius 1 is 0.944 bits per heavy atom. The highest BCUT2D eigenvalue weighted by molar-refractivity contribution is 6.36. The van der Waals surface area contributed by atoms with Crippen LogP contribution in [0.4, 0.5) is 0 Å². The Balaban J connectivity index is 2.49. The molecule has 0 atom stereocenters. The van der Waals surface area contributed by atoms with Gasteiger partial charge < -0.3 is 5.11 Å². The van der Waals surface area contributed by atoms with Crippen molar-refractivity contribution < 1.29 is 9.90 Å². The van der Waals surface area contributed by atoms with Gasteiger partial charge in [0.25, 0.3) is 0 Å². The molecule has 92 valence electrons. The number of benzene rings is 2. The Bertz CT molecular complexity index is 606. The van der Waals surface area contributed by atoms with E-state index < -0.39 is 0 Å². The van der Waals surface area contributed by atoms with E-state index in [4.69, 9.17) is 34.8 Å². The van der Waals surface area contributed by atoms with Crippen molar-refractivity contribution in [2.45, 2.75) is 0 Å². The Kier molecular flexibility index (Phi) is 3.81. The van der Waals surface area contributed by atoms with Crippen LogP contribution in [0.5, 0.6) is 5.75 Å². The van der Waals surface area contributed by atoms with E-state index in [1.807, 2.05) is 0 Å². The molecule has 0 heterocycles. The van der Waals surface area contributed by atoms with Crippen molar-refractivity contribution in [3.63, 3.8) is 0 Å². The summed E-state index contributed by atoms with van der Waals surface area (Å²) in [4.78, 5) is 12.2. The van der Waals surface area contributed by atoms with Crippen LogP contribution in [-0.2, 0) is 0 Å². The summed E-state index contributed by atoms with van der Waals surface area (Å²) in [6.07, 6.45) is 0. The lowest BCUT2D eigenvalue weighted by Crippen LogP contribution is -2.01. The van der Waals surface area contributed by atoms with E-state index in [2.05, 4.69) is 0 Å². The van der Waals surface area contributed by atoms with Crippen molar-refractivity contribution >= 4 is 40.6 Å². The summed E-state index contributed by atoms with van der Waals surface area (Å²) in [6, 6.07) is 9.07. The number of rotatable bonds is 2. The Labute approximate surface area is 119 Å². The maximum absolute atomic E-state index is 12.2. The first-order valence-electron chi connectivity index (χ1n) is 4.97. The topological polar surface area (TPSA) is 37.3 Å². The monoisotopic (exact) mass is 300 g/mol. The lowest BCUT2D eigenvalue weighted by atomic mass is 10.0. The summed E-state index contributed by atoms with van der Waals surface area (Å²) >= 11 is 17.3. The van der Waals surface area contributed by atoms with Gasteiger partial charge >= 0.3 is 0 Å². The normalized spacial score (nSPS) is 10.4. The van der Waals surface area contributed by atoms with Gasteiger partial charge in [0, 0.05) is 15.6 Å². The molecule has 0 saturated carbocycles. The summed E-state index contributed by atoms with van der Waals surface area (Å²) in [5, 5.41) is 10.6. The summed E-state index contributed by atoms with van der Waals surface area (Å²) in [5.74, 6) is -0.644. The van der Waals surface area contributed by atoms with Gasteiger partial charge in [-0.25, -0.2) is 0 Å². The molecule has 0 fully saturated rings. The van der Waals surface area contributed by atoms with Crippen molar-refractivity contribution in [2.75, 3.05) is 0 Å². The molecule has 0 amide bonds. The Hall–Kier alpha value is -1.22. The maximum atomic E-state index is 12.2. The number of phenols is 1. The van der Waals surface area contributed by atoms with E-state index in [-0.39, 0.29) is 27.1 Å². The largest absolute Gasteiger partial charge is 0.506 e. The first-order chi connectivity index (χ1) is 8.49. The second-order valence-electron chi connectivity index (χ2n) is 3.62. The number of carbonyl (C=O) groups is 1. The van der Waals surface area contributed by atoms with Gasteiger partial charge in [-0.05, 0) is 36.4 Å². The minimum absolute atomic E-state index is 0.0415. The zero-order chi connectivity index (χ0) is 13.3. The van der Waals surface area contributed by atoms with Crippen molar-refractivity contribution in [1.82, 2.24) is 0 Å². The maximum Gasteiger partial charge on any atom is 0.196 e. The lowest BCUT2D eigenvalue weighted by Gasteiger charge is -2.06. The first kappa shape index (κ1) is 13.2. The predicted molar refractivity (Wildman–Crippen MR) is 73.0 cm³/mol. The molecule has 2 aromatic carbocycles. The molecule has 0 unspecified atom stereocenters. The molecular formula is C13H7Cl3O2. The lowest BCUT2D eigenvalue weighted by molar-refractivity contribution is 0.103. The average molecular weight is 302 g/mol. The number of aromatic hydroxyl groups is 1. The summed E-state index contributed by atoms with van der Waals surface area (Å²) in [6.45, 7) is 0. The second-order valence-corrected chi connectivity index (χ2v) is 4.90. The molecule has 2 nitrogen and oxygen atoms in total. The number of carbonyl (C=O) groups excluding carboxylic acids is 1. The van der Waals surface area contributed by atoms with Gasteiger partial charge in [-0.3, -0.25) is 4.79 Å². The van der Waals surface area contributed by atoms with Gasteiger partial charge in [0.05, 0.1) is 10.6 Å². The fraction of sp³-hybridized carbons (Fsp3) is 0. The van der Waals surface area contributed by atoms with E-state index in [0.717, 1.165) is 0 Å². The molecule has 0 radical (unpaired) electrons. The Morgan fingerprint density at radius 2 is 1.56 bits per heavy atom. The van der Waals surface area contributed by atoms with E-state index in [9.17, 15) is 9.90 Å². The fourth-order valence-electron chi connectivity index (χ4n) is 1.50. The average Bonchev–Trinajstić information content (AvgIpc) is 2.34. The number of phenolic OH excluding ortho intramolecular Hbond substituents is 1. The molecule has 5 heteroatoms. The highest BCUT2D eigenvalue weighted by Crippen LogP contribution is 2.32. The van der Waals surface area contributed by atoms with Crippen molar-refractivity contribution in [3.05, 3.63) is 62.6 Å². The van der Waals surface area contributed by atoms with Crippen LogP contribution in [0.1, 0.15) is 15.9 Å². The standard InChI is InChI=1S/C13H7Cl3O2/c14-8-3-1-7(2-4-8)12(17)10-5-9(15)6-11(16)13(10)18/h1-6,18H. The van der Waals surface area contributed by atoms with Crippen LogP contribution in [0.25, 0.3) is 0 Å². The minimum Gasteiger partial charge on any atom is -0.506 e. The molecular weight excluding hydrogens is 295 g/mol. The quantitative estimate of drug-likeness (QED) is 0.824. The van der Waals surface area contributed by atoms with Gasteiger partial charge in [0.15, 0.2) is 5.78 Å². The highest BCUT2D eigenvalue weighted by atomic mass is 35.5. The van der Waals surface area contributed by atoms with E-state index >= 15 is 0 Å². The zero-order valence-corrected chi connectivity index (χ0v) is 11.2. The van der Waals surface area contributed by atoms with Gasteiger partial charge in [0.2, 0.25) is 0 Å². The predicted octanol–water partition coefficient (Wildman–Crippen LogP) is 4.58. The summed E-state index contributed by atoms with van der Waals surface area (Å²) < 4.78 is 0. The highest BCUT2D eigenvalue weighted by Gasteiger charge is 2.16. The molecule has 2 aromatic rings. The smallest absolute Gasteiger partial charge is 0.196 e. The molecule has 0 saturated heterocycles. The Morgan fingerprint density at radius 3 is 2.17 bits per heavy atom. The molecule has 0 spiro atoms. The van der Waals surface area contributed by atoms with E-state index in [1.165, 1.54) is 12.1 Å². The van der Waals surface area contributed by atoms with Gasteiger partial charge in [-0.15, -0.1) is 0 Å². The van der Waals surface area contributed by atoms with Crippen LogP contribution in [0.2, 0.25) is 15.1 Å². The third-order valence-corrected chi connectivity index (χ3v) is 3.14. The van der Waals surface area contributed by atoms with Crippen molar-refractivity contribution in [2.24, 2.45) is 0 Å². The van der Waals surface area contributed by atoms with Crippen LogP contribution in [-0.4, -0.2) is 10.9 Å². The third-order valence-electron chi connectivity index (χ3n) is 2.38. The number of ketones is 1. The molecule has 2 rings (SSSR count).